The topological polar surface area (TPSA) is 73.9 Å². The Morgan fingerprint density at radius 1 is 1.25 bits per heavy atom. The van der Waals surface area contributed by atoms with Gasteiger partial charge in [-0.15, -0.1) is 23.2 Å². The van der Waals surface area contributed by atoms with E-state index in [1.165, 1.54) is 12.7 Å². The van der Waals surface area contributed by atoms with Crippen LogP contribution in [-0.4, -0.2) is 66.2 Å². The monoisotopic (exact) mass is 422 g/mol. The van der Waals surface area contributed by atoms with Gasteiger partial charge in [0.05, 0.1) is 6.61 Å². The number of halogens is 2. The molecule has 2 atom stereocenters. The minimum absolute atomic E-state index is 0.206. The summed E-state index contributed by atoms with van der Waals surface area (Å²) in [5.74, 6) is 3.28. The molecule has 7 nitrogen and oxygen atoms in total. The van der Waals surface area contributed by atoms with Gasteiger partial charge in [0.15, 0.2) is 11.9 Å². The van der Waals surface area contributed by atoms with E-state index in [1.54, 1.807) is 0 Å². The van der Waals surface area contributed by atoms with Gasteiger partial charge in [0, 0.05) is 42.1 Å². The van der Waals surface area contributed by atoms with Crippen LogP contribution in [0.5, 0.6) is 5.75 Å². The third kappa shape index (κ3) is 4.90. The summed E-state index contributed by atoms with van der Waals surface area (Å²) in [5, 5.41) is 3.35. The van der Waals surface area contributed by atoms with Crippen LogP contribution in [0.2, 0.25) is 0 Å². The lowest BCUT2D eigenvalue weighted by atomic mass is 10.1. The summed E-state index contributed by atoms with van der Waals surface area (Å²) in [6, 6.07) is 5.93. The molecular weight excluding hydrogens is 399 g/mol. The second-order valence-corrected chi connectivity index (χ2v) is 7.14. The number of nitrogens with zero attached hydrogens (tertiary/aromatic N) is 5. The first-order valence-electron chi connectivity index (χ1n) is 9.24. The third-order valence-electron chi connectivity index (χ3n) is 4.52. The number of amidine groups is 2. The summed E-state index contributed by atoms with van der Waals surface area (Å²) in [7, 11) is 0. The fourth-order valence-electron chi connectivity index (χ4n) is 3.02. The van der Waals surface area contributed by atoms with Crippen molar-refractivity contribution in [2.75, 3.05) is 30.2 Å². The number of aliphatic imine (C=N–C) groups is 4. The molecule has 3 rings (SSSR count). The van der Waals surface area contributed by atoms with Gasteiger partial charge >= 0.3 is 0 Å². The first-order valence-corrected chi connectivity index (χ1v) is 10.3. The second kappa shape index (κ2) is 10.0. The lowest BCUT2D eigenvalue weighted by Crippen LogP contribution is -2.35. The van der Waals surface area contributed by atoms with E-state index >= 15 is 0 Å². The quantitative estimate of drug-likeness (QED) is 0.619. The van der Waals surface area contributed by atoms with Crippen LogP contribution in [0.4, 0.5) is 5.69 Å². The summed E-state index contributed by atoms with van der Waals surface area (Å²) < 4.78 is 5.83. The van der Waals surface area contributed by atoms with Gasteiger partial charge in [-0.1, -0.05) is 0 Å². The predicted molar refractivity (Wildman–Crippen MR) is 118 cm³/mol. The van der Waals surface area contributed by atoms with Gasteiger partial charge < -0.3 is 10.1 Å². The van der Waals surface area contributed by atoms with Crippen LogP contribution in [-0.2, 0) is 6.54 Å². The zero-order chi connectivity index (χ0) is 19.9. The summed E-state index contributed by atoms with van der Waals surface area (Å²) in [6.45, 7) is 6.10. The molecule has 9 heteroatoms. The Bertz CT molecular complexity index is 808. The molecule has 1 N–H and O–H groups in total. The molecule has 150 valence electrons. The summed E-state index contributed by atoms with van der Waals surface area (Å²) in [4.78, 5) is 19.2. The first kappa shape index (κ1) is 20.8. The largest absolute Gasteiger partial charge is 0.494 e. The maximum Gasteiger partial charge on any atom is 0.169 e. The van der Waals surface area contributed by atoms with E-state index in [9.17, 15) is 0 Å². The summed E-state index contributed by atoms with van der Waals surface area (Å²) in [6.07, 6.45) is 3.01. The Balaban J connectivity index is 1.82. The van der Waals surface area contributed by atoms with Crippen molar-refractivity contribution >= 4 is 53.2 Å². The molecule has 2 aliphatic rings. The summed E-state index contributed by atoms with van der Waals surface area (Å²) >= 11 is 12.1. The maximum atomic E-state index is 6.08. The van der Waals surface area contributed by atoms with Crippen LogP contribution in [0.1, 0.15) is 19.4 Å². The van der Waals surface area contributed by atoms with Crippen LogP contribution < -0.4 is 10.1 Å². The van der Waals surface area contributed by atoms with Crippen molar-refractivity contribution in [2.45, 2.75) is 32.5 Å². The Kier molecular flexibility index (Phi) is 7.42. The Hall–Kier alpha value is -1.96. The van der Waals surface area contributed by atoms with Crippen molar-refractivity contribution in [1.82, 2.24) is 4.90 Å². The van der Waals surface area contributed by atoms with Gasteiger partial charge in [0.2, 0.25) is 0 Å². The normalized spacial score (nSPS) is 18.7. The molecule has 28 heavy (non-hydrogen) atoms. The molecule has 2 aliphatic heterocycles. The minimum atomic E-state index is -0.274. The standard InChI is InChI=1S/C19H24Cl2N6O/c1-3-28-16-5-4-15(8-14(16)10-27(7-6-20)13(2)9-21)26-19-17-18(23-11-22-17)24-12-25-19/h4-5,8,11-13,17H,3,6-7,9-10H2,1-2H3,(H,22,23,24,25,26). The first-order chi connectivity index (χ1) is 13.7. The molecule has 0 aliphatic carbocycles. The molecule has 0 radical (unpaired) electrons. The second-order valence-electron chi connectivity index (χ2n) is 6.46. The van der Waals surface area contributed by atoms with Gasteiger partial charge in [-0.05, 0) is 32.0 Å². The zero-order valence-corrected chi connectivity index (χ0v) is 17.5. The average molecular weight is 423 g/mol. The highest BCUT2D eigenvalue weighted by Crippen LogP contribution is 2.26. The number of hydrogen-bond acceptors (Lipinski definition) is 7. The van der Waals surface area contributed by atoms with Gasteiger partial charge in [-0.25, -0.2) is 15.0 Å². The van der Waals surface area contributed by atoms with Crippen molar-refractivity contribution in [1.29, 1.82) is 0 Å². The van der Waals surface area contributed by atoms with E-state index < -0.39 is 0 Å². The number of nitrogens with one attached hydrogen (secondary N) is 1. The lowest BCUT2D eigenvalue weighted by molar-refractivity contribution is 0.224. The van der Waals surface area contributed by atoms with E-state index in [0.29, 0.717) is 36.6 Å². The fourth-order valence-corrected chi connectivity index (χ4v) is 3.43. The number of anilines is 1. The van der Waals surface area contributed by atoms with Crippen molar-refractivity contribution in [3.8, 4) is 5.75 Å². The molecule has 0 saturated heterocycles. The molecule has 0 saturated carbocycles. The van der Waals surface area contributed by atoms with Crippen LogP contribution in [0.3, 0.4) is 0 Å². The molecule has 0 bridgehead atoms. The lowest BCUT2D eigenvalue weighted by Gasteiger charge is -2.28. The number of benzene rings is 1. The van der Waals surface area contributed by atoms with E-state index in [-0.39, 0.29) is 12.1 Å². The fraction of sp³-hybridized carbons (Fsp3) is 0.474. The zero-order valence-electron chi connectivity index (χ0n) is 16.0. The van der Waals surface area contributed by atoms with Crippen LogP contribution in [0, 0.1) is 0 Å². The van der Waals surface area contributed by atoms with Gasteiger partial charge in [0.25, 0.3) is 0 Å². The molecule has 1 aromatic rings. The maximum absolute atomic E-state index is 6.08. The molecule has 1 aromatic carbocycles. The SMILES string of the molecule is CCOc1ccc(NC2=NC=NC3=NC=NC32)cc1CN(CCCl)C(C)CCl. The predicted octanol–water partition coefficient (Wildman–Crippen LogP) is 3.41. The van der Waals surface area contributed by atoms with Crippen LogP contribution in [0.15, 0.2) is 38.2 Å². The van der Waals surface area contributed by atoms with Crippen LogP contribution >= 0.6 is 23.2 Å². The molecule has 0 spiro atoms. The van der Waals surface area contributed by atoms with E-state index in [0.717, 1.165) is 23.5 Å². The van der Waals surface area contributed by atoms with Gasteiger partial charge in [-0.2, -0.15) is 0 Å². The highest BCUT2D eigenvalue weighted by Gasteiger charge is 2.26. The molecule has 0 fully saturated rings. The Morgan fingerprint density at radius 3 is 2.86 bits per heavy atom. The Morgan fingerprint density at radius 2 is 2.11 bits per heavy atom. The third-order valence-corrected chi connectivity index (χ3v) is 5.14. The summed E-state index contributed by atoms with van der Waals surface area (Å²) in [5.41, 5.74) is 1.96. The van der Waals surface area contributed by atoms with Crippen molar-refractivity contribution in [3.05, 3.63) is 23.8 Å². The van der Waals surface area contributed by atoms with Crippen LogP contribution in [0.25, 0.3) is 0 Å². The Labute approximate surface area is 175 Å². The van der Waals surface area contributed by atoms with Gasteiger partial charge in [-0.3, -0.25) is 9.89 Å². The smallest absolute Gasteiger partial charge is 0.169 e. The molecule has 2 heterocycles. The molecule has 0 amide bonds. The minimum Gasteiger partial charge on any atom is -0.494 e. The number of fused-ring (bicyclic) bond motifs is 1. The van der Waals surface area contributed by atoms with Gasteiger partial charge in [0.1, 0.15) is 24.3 Å². The number of hydrogen-bond donors (Lipinski definition) is 1. The molecule has 2 unspecified atom stereocenters. The van der Waals surface area contributed by atoms with E-state index in [4.69, 9.17) is 27.9 Å². The highest BCUT2D eigenvalue weighted by molar-refractivity contribution is 6.23. The average Bonchev–Trinajstić information content (AvgIpc) is 3.19. The van der Waals surface area contributed by atoms with E-state index in [2.05, 4.69) is 43.2 Å². The molecule has 0 aromatic heterocycles. The highest BCUT2D eigenvalue weighted by atomic mass is 35.5. The number of rotatable bonds is 9. The van der Waals surface area contributed by atoms with Crippen molar-refractivity contribution in [2.24, 2.45) is 20.0 Å². The van der Waals surface area contributed by atoms with Crippen molar-refractivity contribution in [3.63, 3.8) is 0 Å². The van der Waals surface area contributed by atoms with E-state index in [1.807, 2.05) is 19.1 Å². The molecular formula is C19H24Cl2N6O. The number of alkyl halides is 2. The van der Waals surface area contributed by atoms with Crippen molar-refractivity contribution < 1.29 is 4.74 Å². The number of ether oxygens (including phenoxy) is 1.